The summed E-state index contributed by atoms with van der Waals surface area (Å²) in [6.07, 6.45) is -2.83. The zero-order valence-electron chi connectivity index (χ0n) is 7.72. The van der Waals surface area contributed by atoms with Crippen LogP contribution in [-0.4, -0.2) is 5.78 Å². The van der Waals surface area contributed by atoms with E-state index in [4.69, 9.17) is 16.9 Å². The van der Waals surface area contributed by atoms with Crippen LogP contribution in [0.1, 0.15) is 34.8 Å². The van der Waals surface area contributed by atoms with Gasteiger partial charge < -0.3 is 0 Å². The highest BCUT2D eigenvalue weighted by Gasteiger charge is 2.20. The average molecular weight is 230 g/mol. The van der Waals surface area contributed by atoms with Crippen molar-refractivity contribution in [1.29, 1.82) is 5.26 Å². The minimum atomic E-state index is -2.83. The number of alkyl halides is 2. The molecule has 0 atom stereocenters. The van der Waals surface area contributed by atoms with Gasteiger partial charge in [0.05, 0.1) is 16.7 Å². The van der Waals surface area contributed by atoms with Gasteiger partial charge in [-0.1, -0.05) is 11.6 Å². The van der Waals surface area contributed by atoms with Crippen molar-refractivity contribution in [2.75, 3.05) is 0 Å². The second kappa shape index (κ2) is 4.37. The summed E-state index contributed by atoms with van der Waals surface area (Å²) in [4.78, 5) is 11.1. The molecule has 0 aliphatic rings. The summed E-state index contributed by atoms with van der Waals surface area (Å²) in [6.45, 7) is 1.15. The lowest BCUT2D eigenvalue weighted by atomic mass is 10.0. The molecule has 0 fully saturated rings. The smallest absolute Gasteiger partial charge is 0.265 e. The van der Waals surface area contributed by atoms with E-state index in [1.807, 2.05) is 0 Å². The van der Waals surface area contributed by atoms with E-state index in [-0.39, 0.29) is 16.1 Å². The van der Waals surface area contributed by atoms with Gasteiger partial charge in [-0.15, -0.1) is 0 Å². The Kier molecular flexibility index (Phi) is 3.38. The predicted molar refractivity (Wildman–Crippen MR) is 51.1 cm³/mol. The topological polar surface area (TPSA) is 40.9 Å². The number of rotatable bonds is 2. The third-order valence-electron chi connectivity index (χ3n) is 1.86. The zero-order valence-corrected chi connectivity index (χ0v) is 8.48. The number of hydrogen-bond donors (Lipinski definition) is 0. The lowest BCUT2D eigenvalue weighted by molar-refractivity contribution is 0.0999. The van der Waals surface area contributed by atoms with Crippen molar-refractivity contribution in [3.8, 4) is 6.07 Å². The van der Waals surface area contributed by atoms with Crippen molar-refractivity contribution in [3.63, 3.8) is 0 Å². The molecule has 0 aromatic heterocycles. The Morgan fingerprint density at radius 2 is 2.13 bits per heavy atom. The van der Waals surface area contributed by atoms with E-state index in [0.29, 0.717) is 0 Å². The second-order valence-electron chi connectivity index (χ2n) is 2.89. The first-order chi connectivity index (χ1) is 6.97. The quantitative estimate of drug-likeness (QED) is 0.730. The summed E-state index contributed by atoms with van der Waals surface area (Å²) in [5.41, 5.74) is -0.619. The maximum atomic E-state index is 12.6. The Bertz CT molecular complexity index is 451. The van der Waals surface area contributed by atoms with Gasteiger partial charge in [-0.25, -0.2) is 8.78 Å². The molecule has 2 nitrogen and oxygen atoms in total. The average Bonchev–Trinajstić information content (AvgIpc) is 2.15. The van der Waals surface area contributed by atoms with Crippen LogP contribution in [0.4, 0.5) is 8.78 Å². The molecule has 0 aliphatic carbocycles. The standard InChI is InChI=1S/C10H6ClF2NO/c1-5(15)7-2-6(4-14)3-8(11)9(7)10(12)13/h2-3,10H,1H3. The number of ketones is 1. The van der Waals surface area contributed by atoms with Gasteiger partial charge in [0.15, 0.2) is 5.78 Å². The van der Waals surface area contributed by atoms with E-state index in [9.17, 15) is 13.6 Å². The van der Waals surface area contributed by atoms with Crippen LogP contribution in [0.5, 0.6) is 0 Å². The number of carbonyl (C=O) groups excluding carboxylic acids is 1. The van der Waals surface area contributed by atoms with Crippen LogP contribution in [0, 0.1) is 11.3 Å². The van der Waals surface area contributed by atoms with Crippen molar-refractivity contribution in [2.45, 2.75) is 13.3 Å². The van der Waals surface area contributed by atoms with Crippen LogP contribution in [0.15, 0.2) is 12.1 Å². The summed E-state index contributed by atoms with van der Waals surface area (Å²) in [5.74, 6) is -0.538. The fraction of sp³-hybridized carbons (Fsp3) is 0.200. The number of benzene rings is 1. The predicted octanol–water partition coefficient (Wildman–Crippen LogP) is 3.35. The molecule has 0 N–H and O–H groups in total. The molecule has 0 bridgehead atoms. The molecule has 15 heavy (non-hydrogen) atoms. The second-order valence-corrected chi connectivity index (χ2v) is 3.30. The number of nitrogens with zero attached hydrogens (tertiary/aromatic N) is 1. The normalized spacial score (nSPS) is 10.1. The van der Waals surface area contributed by atoms with Gasteiger partial charge >= 0.3 is 0 Å². The third-order valence-corrected chi connectivity index (χ3v) is 2.17. The van der Waals surface area contributed by atoms with Crippen molar-refractivity contribution in [2.24, 2.45) is 0 Å². The number of hydrogen-bond acceptors (Lipinski definition) is 2. The van der Waals surface area contributed by atoms with E-state index in [1.165, 1.54) is 0 Å². The van der Waals surface area contributed by atoms with Crippen LogP contribution in [0.25, 0.3) is 0 Å². The molecular weight excluding hydrogens is 224 g/mol. The molecule has 5 heteroatoms. The van der Waals surface area contributed by atoms with Gasteiger partial charge in [-0.05, 0) is 19.1 Å². The summed E-state index contributed by atoms with van der Waals surface area (Å²) >= 11 is 5.57. The van der Waals surface area contributed by atoms with Crippen molar-refractivity contribution in [1.82, 2.24) is 0 Å². The number of Topliss-reactive ketones (excluding diaryl/α,β-unsaturated/α-hetero) is 1. The van der Waals surface area contributed by atoms with Crippen LogP contribution in [0.2, 0.25) is 5.02 Å². The lowest BCUT2D eigenvalue weighted by Gasteiger charge is -2.08. The molecule has 78 valence electrons. The molecule has 1 rings (SSSR count). The largest absolute Gasteiger partial charge is 0.294 e. The molecule has 0 spiro atoms. The highest BCUT2D eigenvalue weighted by atomic mass is 35.5. The van der Waals surface area contributed by atoms with Crippen LogP contribution < -0.4 is 0 Å². The highest BCUT2D eigenvalue weighted by molar-refractivity contribution is 6.32. The van der Waals surface area contributed by atoms with Crippen molar-refractivity contribution >= 4 is 17.4 Å². The molecule has 0 heterocycles. The molecule has 1 aromatic rings. The molecular formula is C10H6ClF2NO. The van der Waals surface area contributed by atoms with Crippen LogP contribution in [0.3, 0.4) is 0 Å². The Hall–Kier alpha value is -1.47. The van der Waals surface area contributed by atoms with Gasteiger partial charge in [-0.3, -0.25) is 4.79 Å². The van der Waals surface area contributed by atoms with E-state index in [2.05, 4.69) is 0 Å². The van der Waals surface area contributed by atoms with Gasteiger partial charge in [0.1, 0.15) is 0 Å². The van der Waals surface area contributed by atoms with Gasteiger partial charge in [0.25, 0.3) is 6.43 Å². The fourth-order valence-electron chi connectivity index (χ4n) is 1.20. The van der Waals surface area contributed by atoms with E-state index in [0.717, 1.165) is 19.1 Å². The Morgan fingerprint density at radius 3 is 2.53 bits per heavy atom. The van der Waals surface area contributed by atoms with Crippen LogP contribution in [-0.2, 0) is 0 Å². The molecule has 0 unspecified atom stereocenters. The monoisotopic (exact) mass is 229 g/mol. The Balaban J connectivity index is 3.51. The summed E-state index contributed by atoms with van der Waals surface area (Å²) in [5, 5.41) is 8.33. The SMILES string of the molecule is CC(=O)c1cc(C#N)cc(Cl)c1C(F)F. The highest BCUT2D eigenvalue weighted by Crippen LogP contribution is 2.31. The Labute approximate surface area is 90.1 Å². The van der Waals surface area contributed by atoms with E-state index >= 15 is 0 Å². The number of halogens is 3. The van der Waals surface area contributed by atoms with Crippen molar-refractivity contribution < 1.29 is 13.6 Å². The molecule has 0 aliphatic heterocycles. The van der Waals surface area contributed by atoms with Crippen molar-refractivity contribution in [3.05, 3.63) is 33.8 Å². The van der Waals surface area contributed by atoms with Gasteiger partial charge in [0, 0.05) is 11.1 Å². The van der Waals surface area contributed by atoms with Crippen LogP contribution >= 0.6 is 11.6 Å². The first-order valence-corrected chi connectivity index (χ1v) is 4.37. The molecule has 1 aromatic carbocycles. The molecule has 0 radical (unpaired) electrons. The van der Waals surface area contributed by atoms with Gasteiger partial charge in [0.2, 0.25) is 0 Å². The maximum Gasteiger partial charge on any atom is 0.265 e. The number of nitriles is 1. The van der Waals surface area contributed by atoms with Gasteiger partial charge in [-0.2, -0.15) is 5.26 Å². The zero-order chi connectivity index (χ0) is 11.6. The third kappa shape index (κ3) is 2.31. The number of carbonyl (C=O) groups is 1. The van der Waals surface area contributed by atoms with E-state index < -0.39 is 17.8 Å². The summed E-state index contributed by atoms with van der Waals surface area (Å²) in [6, 6.07) is 3.99. The summed E-state index contributed by atoms with van der Waals surface area (Å²) in [7, 11) is 0. The minimum absolute atomic E-state index is 0.0922. The summed E-state index contributed by atoms with van der Waals surface area (Å²) < 4.78 is 25.1. The minimum Gasteiger partial charge on any atom is -0.294 e. The molecule has 0 saturated heterocycles. The molecule has 0 amide bonds. The lowest BCUT2D eigenvalue weighted by Crippen LogP contribution is -2.02. The van der Waals surface area contributed by atoms with E-state index in [1.54, 1.807) is 6.07 Å². The maximum absolute atomic E-state index is 12.6. The fourth-order valence-corrected chi connectivity index (χ4v) is 1.50. The first-order valence-electron chi connectivity index (χ1n) is 4.00. The Morgan fingerprint density at radius 1 is 1.53 bits per heavy atom. The first kappa shape index (κ1) is 11.6. The molecule has 0 saturated carbocycles.